The van der Waals surface area contributed by atoms with Crippen molar-refractivity contribution in [2.24, 2.45) is 5.73 Å². The molecule has 1 fully saturated rings. The van der Waals surface area contributed by atoms with Crippen LogP contribution in [0.15, 0.2) is 22.7 Å². The molecular weight excluding hydrogens is 254 g/mol. The van der Waals surface area contributed by atoms with Crippen LogP contribution in [0, 0.1) is 0 Å². The van der Waals surface area contributed by atoms with Gasteiger partial charge < -0.3 is 10.5 Å². The molecule has 0 bridgehead atoms. The van der Waals surface area contributed by atoms with Crippen molar-refractivity contribution in [3.63, 3.8) is 0 Å². The Hall–Kier alpha value is -0.540. The van der Waals surface area contributed by atoms with Gasteiger partial charge in [-0.05, 0) is 36.6 Å². The Morgan fingerprint density at radius 2 is 2.20 bits per heavy atom. The molecule has 0 radical (unpaired) electrons. The van der Waals surface area contributed by atoms with Crippen LogP contribution in [0.2, 0.25) is 0 Å². The number of rotatable bonds is 3. The predicted octanol–water partition coefficient (Wildman–Crippen LogP) is 2.84. The summed E-state index contributed by atoms with van der Waals surface area (Å²) >= 11 is 3.60. The molecule has 0 saturated heterocycles. The zero-order valence-corrected chi connectivity index (χ0v) is 10.5. The lowest BCUT2D eigenvalue weighted by molar-refractivity contribution is 0.251. The normalized spacial score (nSPS) is 18.3. The van der Waals surface area contributed by atoms with E-state index in [-0.39, 0.29) is 5.41 Å². The molecule has 1 aliphatic rings. The first-order chi connectivity index (χ1) is 7.22. The average molecular weight is 270 g/mol. The lowest BCUT2D eigenvalue weighted by atomic mass is 9.64. The Balaban J connectivity index is 2.41. The first-order valence-electron chi connectivity index (χ1n) is 5.26. The minimum Gasteiger partial charge on any atom is -0.497 e. The lowest BCUT2D eigenvalue weighted by Crippen LogP contribution is -2.41. The minimum atomic E-state index is 0.188. The molecule has 0 unspecified atom stereocenters. The second-order valence-corrected chi connectivity index (χ2v) is 5.04. The molecule has 82 valence electrons. The second kappa shape index (κ2) is 4.14. The highest BCUT2D eigenvalue weighted by Crippen LogP contribution is 2.46. The Labute approximate surface area is 98.9 Å². The summed E-state index contributed by atoms with van der Waals surface area (Å²) < 4.78 is 6.40. The van der Waals surface area contributed by atoms with Gasteiger partial charge >= 0.3 is 0 Å². The maximum absolute atomic E-state index is 5.90. The Morgan fingerprint density at radius 1 is 1.47 bits per heavy atom. The van der Waals surface area contributed by atoms with Crippen LogP contribution in [0.1, 0.15) is 24.8 Å². The first kappa shape index (κ1) is 11.0. The molecule has 0 spiro atoms. The second-order valence-electron chi connectivity index (χ2n) is 4.18. The van der Waals surface area contributed by atoms with E-state index in [0.717, 1.165) is 16.8 Å². The highest BCUT2D eigenvalue weighted by Gasteiger charge is 2.38. The molecule has 0 aromatic heterocycles. The monoisotopic (exact) mass is 269 g/mol. The summed E-state index contributed by atoms with van der Waals surface area (Å²) in [7, 11) is 1.70. The van der Waals surface area contributed by atoms with E-state index in [2.05, 4.69) is 22.0 Å². The van der Waals surface area contributed by atoms with Crippen molar-refractivity contribution in [3.8, 4) is 5.75 Å². The fourth-order valence-corrected chi connectivity index (χ4v) is 2.89. The number of methoxy groups -OCH3 is 1. The van der Waals surface area contributed by atoms with Crippen molar-refractivity contribution in [1.82, 2.24) is 0 Å². The number of hydrogen-bond acceptors (Lipinski definition) is 2. The molecule has 2 rings (SSSR count). The highest BCUT2D eigenvalue weighted by molar-refractivity contribution is 9.10. The Kier molecular flexibility index (Phi) is 3.03. The number of ether oxygens (including phenoxy) is 1. The maximum Gasteiger partial charge on any atom is 0.119 e. The van der Waals surface area contributed by atoms with Gasteiger partial charge in [-0.1, -0.05) is 22.4 Å². The van der Waals surface area contributed by atoms with Crippen LogP contribution in [0.3, 0.4) is 0 Å². The van der Waals surface area contributed by atoms with Gasteiger partial charge in [0.25, 0.3) is 0 Å². The van der Waals surface area contributed by atoms with E-state index in [0.29, 0.717) is 0 Å². The fourth-order valence-electron chi connectivity index (χ4n) is 2.22. The van der Waals surface area contributed by atoms with Crippen LogP contribution in [-0.4, -0.2) is 13.7 Å². The zero-order valence-electron chi connectivity index (χ0n) is 8.92. The standard InChI is InChI=1S/C12H16BrNO/c1-15-9-3-4-11(13)10(7-9)12(8-14)5-2-6-12/h3-4,7H,2,5-6,8,14H2,1H3. The summed E-state index contributed by atoms with van der Waals surface area (Å²) in [5, 5.41) is 0. The summed E-state index contributed by atoms with van der Waals surface area (Å²) in [5.74, 6) is 0.910. The molecular formula is C12H16BrNO. The van der Waals surface area contributed by atoms with Crippen LogP contribution in [0.4, 0.5) is 0 Å². The summed E-state index contributed by atoms with van der Waals surface area (Å²) in [5.41, 5.74) is 7.39. The molecule has 0 amide bonds. The van der Waals surface area contributed by atoms with Crippen molar-refractivity contribution in [2.75, 3.05) is 13.7 Å². The Morgan fingerprint density at radius 3 is 2.67 bits per heavy atom. The van der Waals surface area contributed by atoms with Gasteiger partial charge in [-0.3, -0.25) is 0 Å². The minimum absolute atomic E-state index is 0.188. The van der Waals surface area contributed by atoms with Crippen molar-refractivity contribution < 1.29 is 4.74 Å². The SMILES string of the molecule is COc1ccc(Br)c(C2(CN)CCC2)c1. The Bertz CT molecular complexity index is 355. The van der Waals surface area contributed by atoms with Gasteiger partial charge in [0.2, 0.25) is 0 Å². The van der Waals surface area contributed by atoms with Crippen LogP contribution < -0.4 is 10.5 Å². The molecule has 2 nitrogen and oxygen atoms in total. The van der Waals surface area contributed by atoms with E-state index in [9.17, 15) is 0 Å². The first-order valence-corrected chi connectivity index (χ1v) is 6.05. The highest BCUT2D eigenvalue weighted by atomic mass is 79.9. The summed E-state index contributed by atoms with van der Waals surface area (Å²) in [6.45, 7) is 0.721. The van der Waals surface area contributed by atoms with Crippen molar-refractivity contribution in [3.05, 3.63) is 28.2 Å². The van der Waals surface area contributed by atoms with E-state index < -0.39 is 0 Å². The molecule has 1 aromatic carbocycles. The topological polar surface area (TPSA) is 35.2 Å². The van der Waals surface area contributed by atoms with Gasteiger partial charge in [-0.15, -0.1) is 0 Å². The van der Waals surface area contributed by atoms with E-state index in [1.807, 2.05) is 12.1 Å². The number of benzene rings is 1. The van der Waals surface area contributed by atoms with E-state index in [1.54, 1.807) is 7.11 Å². The van der Waals surface area contributed by atoms with Gasteiger partial charge in [-0.25, -0.2) is 0 Å². The number of nitrogens with two attached hydrogens (primary N) is 1. The van der Waals surface area contributed by atoms with Crippen molar-refractivity contribution in [2.45, 2.75) is 24.7 Å². The molecule has 15 heavy (non-hydrogen) atoms. The van der Waals surface area contributed by atoms with Gasteiger partial charge in [0, 0.05) is 16.4 Å². The van der Waals surface area contributed by atoms with Crippen LogP contribution in [0.5, 0.6) is 5.75 Å². The fraction of sp³-hybridized carbons (Fsp3) is 0.500. The van der Waals surface area contributed by atoms with Crippen molar-refractivity contribution in [1.29, 1.82) is 0 Å². The van der Waals surface area contributed by atoms with E-state index >= 15 is 0 Å². The zero-order chi connectivity index (χ0) is 10.9. The third-order valence-corrected chi connectivity index (χ3v) is 4.14. The largest absolute Gasteiger partial charge is 0.497 e. The van der Waals surface area contributed by atoms with E-state index in [4.69, 9.17) is 10.5 Å². The molecule has 3 heteroatoms. The molecule has 1 saturated carbocycles. The smallest absolute Gasteiger partial charge is 0.119 e. The lowest BCUT2D eigenvalue weighted by Gasteiger charge is -2.42. The molecule has 0 aliphatic heterocycles. The van der Waals surface area contributed by atoms with Crippen LogP contribution in [-0.2, 0) is 5.41 Å². The molecule has 2 N–H and O–H groups in total. The van der Waals surface area contributed by atoms with Gasteiger partial charge in [0.15, 0.2) is 0 Å². The van der Waals surface area contributed by atoms with Gasteiger partial charge in [0.05, 0.1) is 7.11 Å². The van der Waals surface area contributed by atoms with E-state index in [1.165, 1.54) is 24.8 Å². The summed E-state index contributed by atoms with van der Waals surface area (Å²) in [6, 6.07) is 6.12. The third kappa shape index (κ3) is 1.79. The van der Waals surface area contributed by atoms with Gasteiger partial charge in [-0.2, -0.15) is 0 Å². The predicted molar refractivity (Wildman–Crippen MR) is 65.3 cm³/mol. The molecule has 0 heterocycles. The van der Waals surface area contributed by atoms with Crippen LogP contribution in [0.25, 0.3) is 0 Å². The van der Waals surface area contributed by atoms with Crippen LogP contribution >= 0.6 is 15.9 Å². The quantitative estimate of drug-likeness (QED) is 0.916. The van der Waals surface area contributed by atoms with Gasteiger partial charge in [0.1, 0.15) is 5.75 Å². The maximum atomic E-state index is 5.90. The molecule has 0 atom stereocenters. The summed E-state index contributed by atoms with van der Waals surface area (Å²) in [6.07, 6.45) is 3.66. The van der Waals surface area contributed by atoms with Crippen molar-refractivity contribution >= 4 is 15.9 Å². The average Bonchev–Trinajstić information content (AvgIpc) is 2.20. The molecule has 1 aromatic rings. The number of hydrogen-bond donors (Lipinski definition) is 1. The number of halogens is 1. The summed E-state index contributed by atoms with van der Waals surface area (Å²) in [4.78, 5) is 0. The third-order valence-electron chi connectivity index (χ3n) is 3.45. The molecule has 1 aliphatic carbocycles.